The van der Waals surface area contributed by atoms with E-state index in [2.05, 4.69) is 19.2 Å². The maximum Gasteiger partial charge on any atom is 0.220 e. The zero-order valence-corrected chi connectivity index (χ0v) is 10.6. The summed E-state index contributed by atoms with van der Waals surface area (Å²) in [5.74, 6) is 0.881. The van der Waals surface area contributed by atoms with Crippen LogP contribution in [0, 0.1) is 11.3 Å². The van der Waals surface area contributed by atoms with E-state index in [0.717, 1.165) is 25.9 Å². The normalized spacial score (nSPS) is 37.9. The fraction of sp³-hybridized carbons (Fsp3) is 0.923. The van der Waals surface area contributed by atoms with Gasteiger partial charge in [-0.05, 0) is 32.1 Å². The van der Waals surface area contributed by atoms with E-state index in [9.17, 15) is 4.79 Å². The smallest absolute Gasteiger partial charge is 0.220 e. The van der Waals surface area contributed by atoms with Crippen molar-refractivity contribution in [2.45, 2.75) is 58.6 Å². The Kier molecular flexibility index (Phi) is 3.24. The van der Waals surface area contributed by atoms with Gasteiger partial charge in [0.05, 0.1) is 6.10 Å². The van der Waals surface area contributed by atoms with Gasteiger partial charge in [0.2, 0.25) is 5.91 Å². The van der Waals surface area contributed by atoms with E-state index in [1.54, 1.807) is 0 Å². The molecule has 2 fully saturated rings. The van der Waals surface area contributed by atoms with Crippen molar-refractivity contribution in [2.75, 3.05) is 6.61 Å². The van der Waals surface area contributed by atoms with Crippen molar-refractivity contribution in [3.05, 3.63) is 0 Å². The quantitative estimate of drug-likeness (QED) is 0.795. The Bertz CT molecular complexity index is 269. The first-order chi connectivity index (χ1) is 7.55. The zero-order chi connectivity index (χ0) is 11.8. The predicted molar refractivity (Wildman–Crippen MR) is 63.1 cm³/mol. The molecule has 2 aliphatic rings. The van der Waals surface area contributed by atoms with Crippen molar-refractivity contribution in [2.24, 2.45) is 11.3 Å². The summed E-state index contributed by atoms with van der Waals surface area (Å²) in [5, 5.41) is 3.15. The summed E-state index contributed by atoms with van der Waals surface area (Å²) in [5.41, 5.74) is 0.223. The number of hydrogen-bond acceptors (Lipinski definition) is 2. The number of ether oxygens (including phenoxy) is 1. The number of hydrogen-bond donors (Lipinski definition) is 1. The number of rotatable bonds is 4. The van der Waals surface area contributed by atoms with Crippen LogP contribution in [0.3, 0.4) is 0 Å². The fourth-order valence-electron chi connectivity index (χ4n) is 3.25. The van der Waals surface area contributed by atoms with Crippen LogP contribution >= 0.6 is 0 Å². The molecule has 1 amide bonds. The second-order valence-electron chi connectivity index (χ2n) is 5.77. The molecular formula is C13H23NO2. The maximum atomic E-state index is 11.6. The van der Waals surface area contributed by atoms with Gasteiger partial charge in [-0.1, -0.05) is 13.8 Å². The molecule has 92 valence electrons. The topological polar surface area (TPSA) is 38.3 Å². The van der Waals surface area contributed by atoms with Crippen LogP contribution in [0.25, 0.3) is 0 Å². The highest BCUT2D eigenvalue weighted by molar-refractivity contribution is 5.80. The summed E-state index contributed by atoms with van der Waals surface area (Å²) in [6.07, 6.45) is 4.35. The number of nitrogens with one attached hydrogen (secondary N) is 1. The molecule has 0 bridgehead atoms. The number of carbonyl (C=O) groups is 1. The Labute approximate surface area is 97.9 Å². The molecule has 1 spiro atoms. The first kappa shape index (κ1) is 11.9. The molecule has 0 aromatic heterocycles. The average molecular weight is 225 g/mol. The number of amides is 1. The van der Waals surface area contributed by atoms with Crippen molar-refractivity contribution in [1.29, 1.82) is 0 Å². The van der Waals surface area contributed by atoms with Gasteiger partial charge < -0.3 is 10.1 Å². The lowest BCUT2D eigenvalue weighted by Crippen LogP contribution is -2.50. The third-order valence-corrected chi connectivity index (χ3v) is 3.96. The average Bonchev–Trinajstić information content (AvgIpc) is 2.41. The predicted octanol–water partition coefficient (Wildman–Crippen LogP) is 2.11. The van der Waals surface area contributed by atoms with E-state index in [4.69, 9.17) is 4.74 Å². The van der Waals surface area contributed by atoms with Crippen LogP contribution < -0.4 is 5.32 Å². The molecule has 0 aromatic rings. The van der Waals surface area contributed by atoms with Gasteiger partial charge >= 0.3 is 0 Å². The Balaban J connectivity index is 1.95. The van der Waals surface area contributed by atoms with Crippen molar-refractivity contribution in [1.82, 2.24) is 5.32 Å². The molecule has 1 heterocycles. The summed E-state index contributed by atoms with van der Waals surface area (Å²) < 4.78 is 5.61. The largest absolute Gasteiger partial charge is 0.378 e. The van der Waals surface area contributed by atoms with Crippen molar-refractivity contribution in [3.8, 4) is 0 Å². The fourth-order valence-corrected chi connectivity index (χ4v) is 3.25. The maximum absolute atomic E-state index is 11.6. The highest BCUT2D eigenvalue weighted by Gasteiger charge is 2.55. The molecule has 1 N–H and O–H groups in total. The summed E-state index contributed by atoms with van der Waals surface area (Å²) >= 11 is 0. The van der Waals surface area contributed by atoms with Crippen LogP contribution in [0.1, 0.15) is 46.5 Å². The first-order valence-electron chi connectivity index (χ1n) is 6.46. The number of carbonyl (C=O) groups excluding carboxylic acids is 1. The molecule has 2 rings (SSSR count). The second-order valence-corrected chi connectivity index (χ2v) is 5.77. The summed E-state index contributed by atoms with van der Waals surface area (Å²) in [6, 6.07) is 0.386. The van der Waals surface area contributed by atoms with Gasteiger partial charge in [-0.3, -0.25) is 4.79 Å². The van der Waals surface area contributed by atoms with Gasteiger partial charge in [0.25, 0.3) is 0 Å². The van der Waals surface area contributed by atoms with Gasteiger partial charge in [0.15, 0.2) is 0 Å². The van der Waals surface area contributed by atoms with Gasteiger partial charge in [0, 0.05) is 24.5 Å². The van der Waals surface area contributed by atoms with Crippen LogP contribution in [-0.2, 0) is 9.53 Å². The van der Waals surface area contributed by atoms with Crippen LogP contribution in [0.4, 0.5) is 0 Å². The lowest BCUT2D eigenvalue weighted by atomic mass is 9.61. The summed E-state index contributed by atoms with van der Waals surface area (Å²) in [6.45, 7) is 7.26. The van der Waals surface area contributed by atoms with E-state index < -0.39 is 0 Å². The molecule has 3 nitrogen and oxygen atoms in total. The molecule has 3 heteroatoms. The Morgan fingerprint density at radius 2 is 2.19 bits per heavy atom. The van der Waals surface area contributed by atoms with Crippen LogP contribution in [0.5, 0.6) is 0 Å². The summed E-state index contributed by atoms with van der Waals surface area (Å²) in [4.78, 5) is 11.6. The van der Waals surface area contributed by atoms with Crippen molar-refractivity contribution < 1.29 is 9.53 Å². The van der Waals surface area contributed by atoms with E-state index in [-0.39, 0.29) is 11.3 Å². The molecular weight excluding hydrogens is 202 g/mol. The molecule has 1 aliphatic heterocycles. The van der Waals surface area contributed by atoms with E-state index in [1.807, 2.05) is 6.92 Å². The first-order valence-corrected chi connectivity index (χ1v) is 6.46. The zero-order valence-electron chi connectivity index (χ0n) is 10.6. The standard InChI is InChI=1S/C13H23NO2/c1-4-16-10-6-13(7-10)8-12(15)14-11(13)5-9(2)3/h9-11H,4-8H2,1-3H3,(H,14,15). The highest BCUT2D eigenvalue weighted by Crippen LogP contribution is 2.52. The molecule has 16 heavy (non-hydrogen) atoms. The third-order valence-electron chi connectivity index (χ3n) is 3.96. The lowest BCUT2D eigenvalue weighted by molar-refractivity contribution is -0.121. The lowest BCUT2D eigenvalue weighted by Gasteiger charge is -2.48. The Hall–Kier alpha value is -0.570. The van der Waals surface area contributed by atoms with E-state index >= 15 is 0 Å². The van der Waals surface area contributed by atoms with Gasteiger partial charge in [0.1, 0.15) is 0 Å². The van der Waals surface area contributed by atoms with Crippen molar-refractivity contribution >= 4 is 5.91 Å². The van der Waals surface area contributed by atoms with Gasteiger partial charge in [-0.25, -0.2) is 0 Å². The molecule has 1 saturated carbocycles. The molecule has 1 saturated heterocycles. The van der Waals surface area contributed by atoms with Crippen molar-refractivity contribution in [3.63, 3.8) is 0 Å². The second kappa shape index (κ2) is 4.36. The van der Waals surface area contributed by atoms with E-state index in [1.165, 1.54) is 0 Å². The molecule has 1 aliphatic carbocycles. The van der Waals surface area contributed by atoms with Crippen LogP contribution in [0.15, 0.2) is 0 Å². The van der Waals surface area contributed by atoms with Gasteiger partial charge in [-0.15, -0.1) is 0 Å². The minimum absolute atomic E-state index is 0.223. The van der Waals surface area contributed by atoms with Crippen LogP contribution in [-0.4, -0.2) is 24.7 Å². The third kappa shape index (κ3) is 2.10. The van der Waals surface area contributed by atoms with E-state index in [0.29, 0.717) is 24.5 Å². The SMILES string of the molecule is CCOC1CC2(CC(=O)NC2CC(C)C)C1. The molecule has 0 aromatic carbocycles. The summed E-state index contributed by atoms with van der Waals surface area (Å²) in [7, 11) is 0. The molecule has 0 radical (unpaired) electrons. The molecule has 1 unspecified atom stereocenters. The molecule has 1 atom stereocenters. The minimum atomic E-state index is 0.223. The Morgan fingerprint density at radius 3 is 2.75 bits per heavy atom. The minimum Gasteiger partial charge on any atom is -0.378 e. The monoisotopic (exact) mass is 225 g/mol. The van der Waals surface area contributed by atoms with Gasteiger partial charge in [-0.2, -0.15) is 0 Å². The Morgan fingerprint density at radius 1 is 1.50 bits per heavy atom. The van der Waals surface area contributed by atoms with Crippen LogP contribution in [0.2, 0.25) is 0 Å². The highest BCUT2D eigenvalue weighted by atomic mass is 16.5.